The van der Waals surface area contributed by atoms with Crippen LogP contribution in [-0.4, -0.2) is 12.6 Å². The summed E-state index contributed by atoms with van der Waals surface area (Å²) in [4.78, 5) is 0. The van der Waals surface area contributed by atoms with Gasteiger partial charge in [0.1, 0.15) is 12.4 Å². The molecule has 1 atom stereocenters. The third kappa shape index (κ3) is 2.12. The molecule has 2 nitrogen and oxygen atoms in total. The van der Waals surface area contributed by atoms with Gasteiger partial charge in [-0.05, 0) is 6.07 Å². The van der Waals surface area contributed by atoms with Crippen molar-refractivity contribution in [1.29, 1.82) is 0 Å². The van der Waals surface area contributed by atoms with Gasteiger partial charge in [-0.3, -0.25) is 0 Å². The first-order chi connectivity index (χ1) is 7.50. The van der Waals surface area contributed by atoms with E-state index in [9.17, 15) is 0 Å². The molecule has 5 heteroatoms. The molecule has 1 heterocycles. The van der Waals surface area contributed by atoms with Crippen molar-refractivity contribution in [2.75, 3.05) is 6.61 Å². The summed E-state index contributed by atoms with van der Waals surface area (Å²) in [6.45, 7) is 4.67. The van der Waals surface area contributed by atoms with Crippen molar-refractivity contribution in [3.8, 4) is 5.75 Å². The number of nitrogens with one attached hydrogen (secondary N) is 1. The summed E-state index contributed by atoms with van der Waals surface area (Å²) in [6.07, 6.45) is 0. The van der Waals surface area contributed by atoms with E-state index < -0.39 is 0 Å². The molecule has 0 aromatic heterocycles. The summed E-state index contributed by atoms with van der Waals surface area (Å²) < 4.78 is 5.54. The van der Waals surface area contributed by atoms with Gasteiger partial charge in [-0.25, -0.2) is 0 Å². The van der Waals surface area contributed by atoms with Gasteiger partial charge in [0.15, 0.2) is 0 Å². The lowest BCUT2D eigenvalue weighted by atomic mass is 10.1. The molecule has 1 unspecified atom stereocenters. The normalized spacial score (nSPS) is 18.8. The molecule has 0 saturated carbocycles. The molecule has 1 aromatic carbocycles. The standard InChI is InChI=1S/C11H12Cl3NO/c1-5(2)15-8-4-16-11-7(13)3-6(12)10(14)9(8)11/h3,5,8,15H,4H2,1-2H3. The maximum atomic E-state index is 6.18. The van der Waals surface area contributed by atoms with Crippen LogP contribution < -0.4 is 10.1 Å². The number of ether oxygens (including phenoxy) is 1. The van der Waals surface area contributed by atoms with Crippen LogP contribution in [0.25, 0.3) is 0 Å². The Labute approximate surface area is 110 Å². The topological polar surface area (TPSA) is 21.3 Å². The average Bonchev–Trinajstić information content (AvgIpc) is 2.58. The van der Waals surface area contributed by atoms with Crippen molar-refractivity contribution in [2.24, 2.45) is 0 Å². The third-order valence-corrected chi connectivity index (χ3v) is 3.52. The molecule has 16 heavy (non-hydrogen) atoms. The summed E-state index contributed by atoms with van der Waals surface area (Å²) in [7, 11) is 0. The number of halogens is 3. The van der Waals surface area contributed by atoms with Crippen LogP contribution in [0.15, 0.2) is 6.07 Å². The molecule has 0 amide bonds. The number of rotatable bonds is 2. The second kappa shape index (κ2) is 4.61. The van der Waals surface area contributed by atoms with Gasteiger partial charge in [0.2, 0.25) is 0 Å². The number of benzene rings is 1. The van der Waals surface area contributed by atoms with Crippen molar-refractivity contribution in [3.05, 3.63) is 26.7 Å². The highest BCUT2D eigenvalue weighted by Crippen LogP contribution is 2.46. The third-order valence-electron chi connectivity index (χ3n) is 2.44. The zero-order valence-electron chi connectivity index (χ0n) is 8.98. The van der Waals surface area contributed by atoms with Gasteiger partial charge >= 0.3 is 0 Å². The highest BCUT2D eigenvalue weighted by molar-refractivity contribution is 6.44. The highest BCUT2D eigenvalue weighted by atomic mass is 35.5. The molecule has 0 radical (unpaired) electrons. The predicted molar refractivity (Wildman–Crippen MR) is 68.0 cm³/mol. The minimum absolute atomic E-state index is 0.0544. The van der Waals surface area contributed by atoms with Crippen molar-refractivity contribution in [1.82, 2.24) is 5.32 Å². The molecule has 1 N–H and O–H groups in total. The fourth-order valence-corrected chi connectivity index (χ4v) is 2.64. The van der Waals surface area contributed by atoms with E-state index in [1.807, 2.05) is 0 Å². The fourth-order valence-electron chi connectivity index (χ4n) is 1.84. The maximum absolute atomic E-state index is 6.18. The average molecular weight is 281 g/mol. The first-order valence-electron chi connectivity index (χ1n) is 5.07. The smallest absolute Gasteiger partial charge is 0.144 e. The van der Waals surface area contributed by atoms with Gasteiger partial charge in [0, 0.05) is 11.6 Å². The molecule has 88 valence electrons. The van der Waals surface area contributed by atoms with E-state index in [-0.39, 0.29) is 6.04 Å². The minimum atomic E-state index is 0.0544. The lowest BCUT2D eigenvalue weighted by Crippen LogP contribution is -2.29. The molecule has 1 aliphatic rings. The molecule has 0 saturated heterocycles. The predicted octanol–water partition coefficient (Wildman–Crippen LogP) is 4.08. The van der Waals surface area contributed by atoms with Crippen LogP contribution >= 0.6 is 34.8 Å². The Morgan fingerprint density at radius 2 is 2.00 bits per heavy atom. The molecule has 0 spiro atoms. The molecule has 2 rings (SSSR count). The SMILES string of the molecule is CC(C)NC1COc2c(Cl)cc(Cl)c(Cl)c21. The van der Waals surface area contributed by atoms with Gasteiger partial charge in [-0.15, -0.1) is 0 Å². The van der Waals surface area contributed by atoms with Gasteiger partial charge in [0.05, 0.1) is 21.1 Å². The first kappa shape index (κ1) is 12.3. The van der Waals surface area contributed by atoms with Crippen molar-refractivity contribution < 1.29 is 4.74 Å². The molecular formula is C11H12Cl3NO. The largest absolute Gasteiger partial charge is 0.490 e. The second-order valence-electron chi connectivity index (χ2n) is 4.08. The molecule has 0 aliphatic carbocycles. The van der Waals surface area contributed by atoms with E-state index in [0.717, 1.165) is 5.56 Å². The van der Waals surface area contributed by atoms with E-state index >= 15 is 0 Å². The van der Waals surface area contributed by atoms with Crippen LogP contribution in [0.1, 0.15) is 25.5 Å². The second-order valence-corrected chi connectivity index (χ2v) is 5.27. The Morgan fingerprint density at radius 1 is 1.31 bits per heavy atom. The van der Waals surface area contributed by atoms with Crippen molar-refractivity contribution in [2.45, 2.75) is 25.9 Å². The van der Waals surface area contributed by atoms with Crippen LogP contribution in [0.4, 0.5) is 0 Å². The monoisotopic (exact) mass is 279 g/mol. The molecule has 1 aliphatic heterocycles. The summed E-state index contributed by atoms with van der Waals surface area (Å²) >= 11 is 18.2. The summed E-state index contributed by atoms with van der Waals surface area (Å²) in [5.74, 6) is 0.647. The quantitative estimate of drug-likeness (QED) is 0.824. The number of hydrogen-bond acceptors (Lipinski definition) is 2. The zero-order valence-corrected chi connectivity index (χ0v) is 11.2. The van der Waals surface area contributed by atoms with E-state index in [1.165, 1.54) is 0 Å². The summed E-state index contributed by atoms with van der Waals surface area (Å²) in [6, 6.07) is 2.01. The van der Waals surface area contributed by atoms with Crippen LogP contribution in [0.2, 0.25) is 15.1 Å². The van der Waals surface area contributed by atoms with Crippen LogP contribution in [0.5, 0.6) is 5.75 Å². The van der Waals surface area contributed by atoms with Crippen LogP contribution in [-0.2, 0) is 0 Å². The summed E-state index contributed by atoms with van der Waals surface area (Å²) in [5, 5.41) is 4.87. The lowest BCUT2D eigenvalue weighted by Gasteiger charge is -2.16. The minimum Gasteiger partial charge on any atom is -0.490 e. The lowest BCUT2D eigenvalue weighted by molar-refractivity contribution is 0.303. The van der Waals surface area contributed by atoms with Crippen molar-refractivity contribution >= 4 is 34.8 Å². The van der Waals surface area contributed by atoms with Crippen LogP contribution in [0, 0.1) is 0 Å². The van der Waals surface area contributed by atoms with E-state index in [0.29, 0.717) is 33.5 Å². The summed E-state index contributed by atoms with van der Waals surface area (Å²) in [5.41, 5.74) is 0.868. The Morgan fingerprint density at radius 3 is 2.62 bits per heavy atom. The van der Waals surface area contributed by atoms with E-state index in [1.54, 1.807) is 6.07 Å². The van der Waals surface area contributed by atoms with E-state index in [4.69, 9.17) is 39.5 Å². The van der Waals surface area contributed by atoms with E-state index in [2.05, 4.69) is 19.2 Å². The first-order valence-corrected chi connectivity index (χ1v) is 6.20. The number of fused-ring (bicyclic) bond motifs is 1. The van der Waals surface area contributed by atoms with Crippen molar-refractivity contribution in [3.63, 3.8) is 0 Å². The highest BCUT2D eigenvalue weighted by Gasteiger charge is 2.30. The Kier molecular flexibility index (Phi) is 3.55. The molecule has 0 fully saturated rings. The molecule has 1 aromatic rings. The zero-order chi connectivity index (χ0) is 11.9. The number of hydrogen-bond donors (Lipinski definition) is 1. The Hall–Kier alpha value is -0.150. The Bertz CT molecular complexity index is 420. The van der Waals surface area contributed by atoms with Gasteiger partial charge < -0.3 is 10.1 Å². The van der Waals surface area contributed by atoms with Gasteiger partial charge in [-0.2, -0.15) is 0 Å². The fraction of sp³-hybridized carbons (Fsp3) is 0.455. The van der Waals surface area contributed by atoms with Crippen LogP contribution in [0.3, 0.4) is 0 Å². The van der Waals surface area contributed by atoms with Gasteiger partial charge in [-0.1, -0.05) is 48.7 Å². The van der Waals surface area contributed by atoms with Gasteiger partial charge in [0.25, 0.3) is 0 Å². The molecular weight excluding hydrogens is 268 g/mol. The Balaban J connectivity index is 2.45. The maximum Gasteiger partial charge on any atom is 0.144 e. The molecule has 0 bridgehead atoms.